The highest BCUT2D eigenvalue weighted by Crippen LogP contribution is 2.19. The molecule has 0 aliphatic carbocycles. The van der Waals surface area contributed by atoms with Crippen molar-refractivity contribution in [2.75, 3.05) is 13.1 Å². The number of rotatable bonds is 6. The highest BCUT2D eigenvalue weighted by atomic mass is 35.5. The highest BCUT2D eigenvalue weighted by molar-refractivity contribution is 6.31. The van der Waals surface area contributed by atoms with Crippen molar-refractivity contribution in [3.8, 4) is 0 Å². The summed E-state index contributed by atoms with van der Waals surface area (Å²) in [6, 6.07) is 12.6. The number of benzene rings is 2. The van der Waals surface area contributed by atoms with E-state index in [1.807, 2.05) is 18.2 Å². The smallest absolute Gasteiger partial charge is 0.224 e. The van der Waals surface area contributed by atoms with Crippen molar-refractivity contribution in [1.29, 1.82) is 0 Å². The minimum absolute atomic E-state index is 0.0505. The zero-order chi connectivity index (χ0) is 17.6. The van der Waals surface area contributed by atoms with Crippen molar-refractivity contribution in [1.82, 2.24) is 5.32 Å². The molecule has 1 saturated heterocycles. The Morgan fingerprint density at radius 3 is 2.52 bits per heavy atom. The van der Waals surface area contributed by atoms with Crippen molar-refractivity contribution in [2.24, 2.45) is 0 Å². The Morgan fingerprint density at radius 2 is 1.80 bits per heavy atom. The van der Waals surface area contributed by atoms with E-state index in [0.717, 1.165) is 12.1 Å². The standard InChI is InChI=1S/C20H22ClFN2O/c21-18-8-5-9-19(22)17(18)12-20(25)23-13-15-6-1-2-7-16(15)14-24-10-3-4-11-24/h1-2,5-9H,3-4,10-14H2,(H,23,25)/p+1. The molecule has 0 saturated carbocycles. The first-order chi connectivity index (χ1) is 12.1. The second kappa shape index (κ2) is 8.45. The number of likely N-dealkylation sites (tertiary alicyclic amines) is 1. The van der Waals surface area contributed by atoms with E-state index >= 15 is 0 Å². The Labute approximate surface area is 152 Å². The van der Waals surface area contributed by atoms with Gasteiger partial charge in [0.25, 0.3) is 0 Å². The van der Waals surface area contributed by atoms with Crippen LogP contribution in [-0.2, 0) is 24.3 Å². The van der Waals surface area contributed by atoms with E-state index in [1.165, 1.54) is 43.6 Å². The molecule has 1 aliphatic heterocycles. The molecule has 0 aromatic heterocycles. The van der Waals surface area contributed by atoms with Gasteiger partial charge in [0.15, 0.2) is 0 Å². The molecule has 1 amide bonds. The van der Waals surface area contributed by atoms with E-state index in [1.54, 1.807) is 11.0 Å². The molecule has 0 unspecified atom stereocenters. The number of hydrogen-bond donors (Lipinski definition) is 2. The molecule has 0 atom stereocenters. The summed E-state index contributed by atoms with van der Waals surface area (Å²) in [6.07, 6.45) is 2.53. The maximum absolute atomic E-state index is 13.8. The van der Waals surface area contributed by atoms with Crippen LogP contribution in [0.2, 0.25) is 5.02 Å². The fourth-order valence-corrected chi connectivity index (χ4v) is 3.57. The first-order valence-corrected chi connectivity index (χ1v) is 9.11. The number of quaternary nitrogens is 1. The Kier molecular flexibility index (Phi) is 6.05. The van der Waals surface area contributed by atoms with Crippen molar-refractivity contribution in [3.05, 3.63) is 70.0 Å². The monoisotopic (exact) mass is 361 g/mol. The number of amides is 1. The van der Waals surface area contributed by atoms with E-state index in [2.05, 4.69) is 11.4 Å². The molecule has 1 heterocycles. The number of nitrogens with one attached hydrogen (secondary N) is 2. The number of carbonyl (C=O) groups excluding carboxylic acids is 1. The summed E-state index contributed by atoms with van der Waals surface area (Å²) in [5.41, 5.74) is 2.63. The lowest BCUT2D eigenvalue weighted by Crippen LogP contribution is -3.08. The zero-order valence-corrected chi connectivity index (χ0v) is 14.9. The molecular formula is C20H23ClFN2O+. The lowest BCUT2D eigenvalue weighted by Gasteiger charge is -2.15. The van der Waals surface area contributed by atoms with Crippen LogP contribution in [0.5, 0.6) is 0 Å². The fourth-order valence-electron chi connectivity index (χ4n) is 3.34. The van der Waals surface area contributed by atoms with Crippen LogP contribution < -0.4 is 10.2 Å². The normalized spacial score (nSPS) is 14.6. The molecule has 3 rings (SSSR count). The first kappa shape index (κ1) is 17.9. The number of carbonyl (C=O) groups is 1. The van der Waals surface area contributed by atoms with Crippen molar-refractivity contribution < 1.29 is 14.1 Å². The van der Waals surface area contributed by atoms with E-state index < -0.39 is 5.82 Å². The molecule has 0 radical (unpaired) electrons. The van der Waals surface area contributed by atoms with Gasteiger partial charge in [0.05, 0.1) is 19.5 Å². The SMILES string of the molecule is O=C(Cc1c(F)cccc1Cl)NCc1ccccc1C[NH+]1CCCC1. The third-order valence-electron chi connectivity index (χ3n) is 4.74. The maximum atomic E-state index is 13.8. The first-order valence-electron chi connectivity index (χ1n) is 8.73. The minimum atomic E-state index is -0.444. The third kappa shape index (κ3) is 4.80. The Balaban J connectivity index is 1.60. The molecule has 0 spiro atoms. The van der Waals surface area contributed by atoms with Gasteiger partial charge < -0.3 is 10.2 Å². The van der Waals surface area contributed by atoms with Gasteiger partial charge in [0, 0.05) is 35.5 Å². The van der Waals surface area contributed by atoms with Crippen molar-refractivity contribution in [3.63, 3.8) is 0 Å². The van der Waals surface area contributed by atoms with Crippen molar-refractivity contribution >= 4 is 17.5 Å². The molecule has 1 aliphatic rings. The number of halogens is 2. The van der Waals surface area contributed by atoms with E-state index in [9.17, 15) is 9.18 Å². The highest BCUT2D eigenvalue weighted by Gasteiger charge is 2.17. The summed E-state index contributed by atoms with van der Waals surface area (Å²) < 4.78 is 13.8. The molecule has 2 aromatic carbocycles. The second-order valence-corrected chi connectivity index (χ2v) is 6.96. The molecule has 25 heavy (non-hydrogen) atoms. The van der Waals surface area contributed by atoms with Gasteiger partial charge in [-0.15, -0.1) is 0 Å². The molecule has 5 heteroatoms. The zero-order valence-electron chi connectivity index (χ0n) is 14.2. The van der Waals surface area contributed by atoms with Crippen LogP contribution in [0, 0.1) is 5.82 Å². The second-order valence-electron chi connectivity index (χ2n) is 6.56. The van der Waals surface area contributed by atoms with Gasteiger partial charge in [-0.1, -0.05) is 41.9 Å². The Hall–Kier alpha value is -1.91. The van der Waals surface area contributed by atoms with Crippen LogP contribution in [0.3, 0.4) is 0 Å². The predicted molar refractivity (Wildman–Crippen MR) is 97.0 cm³/mol. The fraction of sp³-hybridized carbons (Fsp3) is 0.350. The molecule has 2 N–H and O–H groups in total. The predicted octanol–water partition coefficient (Wildman–Crippen LogP) is 2.52. The minimum Gasteiger partial charge on any atom is -0.352 e. The van der Waals surface area contributed by atoms with Gasteiger partial charge in [-0.25, -0.2) is 4.39 Å². The summed E-state index contributed by atoms with van der Waals surface area (Å²) in [5, 5.41) is 3.18. The Morgan fingerprint density at radius 1 is 1.08 bits per heavy atom. The molecule has 2 aromatic rings. The average molecular weight is 362 g/mol. The average Bonchev–Trinajstić information content (AvgIpc) is 3.11. The summed E-state index contributed by atoms with van der Waals surface area (Å²) in [5.74, 6) is -0.670. The van der Waals surface area contributed by atoms with Crippen LogP contribution in [0.25, 0.3) is 0 Å². The van der Waals surface area contributed by atoms with E-state index in [0.29, 0.717) is 6.54 Å². The van der Waals surface area contributed by atoms with Gasteiger partial charge >= 0.3 is 0 Å². The van der Waals surface area contributed by atoms with Crippen LogP contribution in [0.1, 0.15) is 29.5 Å². The van der Waals surface area contributed by atoms with Gasteiger partial charge in [-0.3, -0.25) is 4.79 Å². The lowest BCUT2D eigenvalue weighted by atomic mass is 10.1. The molecule has 3 nitrogen and oxygen atoms in total. The summed E-state index contributed by atoms with van der Waals surface area (Å²) in [7, 11) is 0. The van der Waals surface area contributed by atoms with E-state index in [-0.39, 0.29) is 22.9 Å². The van der Waals surface area contributed by atoms with Gasteiger partial charge in [-0.05, 0) is 17.7 Å². The molecule has 1 fully saturated rings. The summed E-state index contributed by atoms with van der Waals surface area (Å²) >= 11 is 5.99. The van der Waals surface area contributed by atoms with E-state index in [4.69, 9.17) is 11.6 Å². The molecular weight excluding hydrogens is 339 g/mol. The van der Waals surface area contributed by atoms with Crippen LogP contribution in [0.15, 0.2) is 42.5 Å². The summed E-state index contributed by atoms with van der Waals surface area (Å²) in [6.45, 7) is 3.87. The quantitative estimate of drug-likeness (QED) is 0.814. The molecule has 132 valence electrons. The van der Waals surface area contributed by atoms with Crippen molar-refractivity contribution in [2.45, 2.75) is 32.4 Å². The van der Waals surface area contributed by atoms with Crippen LogP contribution >= 0.6 is 11.6 Å². The molecule has 0 bridgehead atoms. The Bertz CT molecular complexity index is 724. The third-order valence-corrected chi connectivity index (χ3v) is 5.10. The number of hydrogen-bond acceptors (Lipinski definition) is 1. The van der Waals surface area contributed by atoms with Gasteiger partial charge in [0.2, 0.25) is 5.91 Å². The van der Waals surface area contributed by atoms with Gasteiger partial charge in [0.1, 0.15) is 12.4 Å². The maximum Gasteiger partial charge on any atom is 0.224 e. The van der Waals surface area contributed by atoms with Crippen LogP contribution in [-0.4, -0.2) is 19.0 Å². The van der Waals surface area contributed by atoms with Gasteiger partial charge in [-0.2, -0.15) is 0 Å². The summed E-state index contributed by atoms with van der Waals surface area (Å²) in [4.78, 5) is 13.8. The largest absolute Gasteiger partial charge is 0.352 e. The van der Waals surface area contributed by atoms with Crippen LogP contribution in [0.4, 0.5) is 4.39 Å². The topological polar surface area (TPSA) is 33.5 Å². The lowest BCUT2D eigenvalue weighted by molar-refractivity contribution is -0.901.